The molecule has 0 fully saturated rings. The number of amides is 1. The molecule has 3 heteroatoms. The second-order valence-corrected chi connectivity index (χ2v) is 2.39. The van der Waals surface area contributed by atoms with Crippen LogP contribution in [-0.4, -0.2) is 12.1 Å². The third-order valence-electron chi connectivity index (χ3n) is 1.18. The maximum Gasteiger partial charge on any atom is 0.240 e. The number of nitrogens with zero attached hydrogens (tertiary/aromatic N) is 1. The quantitative estimate of drug-likeness (QED) is 0.477. The Kier molecular flexibility index (Phi) is 6.68. The molecule has 0 aliphatic rings. The Morgan fingerprint density at radius 1 is 1.45 bits per heavy atom. The van der Waals surface area contributed by atoms with Crippen LogP contribution >= 0.6 is 0 Å². The summed E-state index contributed by atoms with van der Waals surface area (Å²) in [5, 5.41) is 3.76. The molecule has 0 rings (SSSR count). The van der Waals surface area contributed by atoms with Gasteiger partial charge in [-0.05, 0) is 12.8 Å². The first-order valence-corrected chi connectivity index (χ1v) is 4.11. The zero-order valence-corrected chi connectivity index (χ0v) is 7.26. The molecule has 64 valence electrons. The SMILES string of the molecule is CCC/C=N/NC(=O)CCC. The molecule has 0 aliphatic carbocycles. The molecule has 0 radical (unpaired) electrons. The van der Waals surface area contributed by atoms with Gasteiger partial charge in [-0.25, -0.2) is 5.43 Å². The highest BCUT2D eigenvalue weighted by atomic mass is 16.2. The Morgan fingerprint density at radius 3 is 2.73 bits per heavy atom. The molecule has 0 saturated heterocycles. The summed E-state index contributed by atoms with van der Waals surface area (Å²) in [6.07, 6.45) is 5.14. The normalized spacial score (nSPS) is 10.4. The number of carbonyl (C=O) groups excluding carboxylic acids is 1. The monoisotopic (exact) mass is 156 g/mol. The average molecular weight is 156 g/mol. The zero-order chi connectivity index (χ0) is 8.53. The number of hydrogen-bond donors (Lipinski definition) is 1. The summed E-state index contributed by atoms with van der Waals surface area (Å²) in [6.45, 7) is 4.04. The maximum atomic E-state index is 10.8. The molecule has 0 unspecified atom stereocenters. The molecule has 0 heterocycles. The summed E-state index contributed by atoms with van der Waals surface area (Å²) in [6, 6.07) is 0. The second-order valence-electron chi connectivity index (χ2n) is 2.39. The summed E-state index contributed by atoms with van der Waals surface area (Å²) in [5.41, 5.74) is 2.45. The summed E-state index contributed by atoms with van der Waals surface area (Å²) < 4.78 is 0. The van der Waals surface area contributed by atoms with Gasteiger partial charge in [-0.2, -0.15) is 5.10 Å². The summed E-state index contributed by atoms with van der Waals surface area (Å²) >= 11 is 0. The van der Waals surface area contributed by atoms with Crippen LogP contribution in [0, 0.1) is 0 Å². The van der Waals surface area contributed by atoms with Gasteiger partial charge >= 0.3 is 0 Å². The Labute approximate surface area is 67.9 Å². The van der Waals surface area contributed by atoms with Crippen LogP contribution in [0.5, 0.6) is 0 Å². The fourth-order valence-electron chi connectivity index (χ4n) is 0.594. The third kappa shape index (κ3) is 7.03. The lowest BCUT2D eigenvalue weighted by Gasteiger charge is -1.94. The van der Waals surface area contributed by atoms with Gasteiger partial charge in [0.15, 0.2) is 0 Å². The molecule has 0 aromatic carbocycles. The van der Waals surface area contributed by atoms with Crippen molar-refractivity contribution in [1.29, 1.82) is 0 Å². The van der Waals surface area contributed by atoms with Gasteiger partial charge in [-0.3, -0.25) is 4.79 Å². The number of unbranched alkanes of at least 4 members (excludes halogenated alkanes) is 1. The van der Waals surface area contributed by atoms with Crippen LogP contribution in [0.4, 0.5) is 0 Å². The van der Waals surface area contributed by atoms with E-state index in [0.29, 0.717) is 6.42 Å². The minimum Gasteiger partial charge on any atom is -0.273 e. The van der Waals surface area contributed by atoms with Gasteiger partial charge in [-0.1, -0.05) is 20.3 Å². The zero-order valence-electron chi connectivity index (χ0n) is 7.26. The number of hydrazone groups is 1. The lowest BCUT2D eigenvalue weighted by molar-refractivity contribution is -0.121. The van der Waals surface area contributed by atoms with Gasteiger partial charge < -0.3 is 0 Å². The van der Waals surface area contributed by atoms with E-state index < -0.39 is 0 Å². The van der Waals surface area contributed by atoms with Crippen molar-refractivity contribution < 1.29 is 4.79 Å². The van der Waals surface area contributed by atoms with Crippen molar-refractivity contribution >= 4 is 12.1 Å². The number of rotatable bonds is 5. The van der Waals surface area contributed by atoms with E-state index in [-0.39, 0.29) is 5.91 Å². The standard InChI is InChI=1S/C8H16N2O/c1-3-5-7-9-10-8(11)6-4-2/h7H,3-6H2,1-2H3,(H,10,11)/b9-7+. The molecule has 0 bridgehead atoms. The highest BCUT2D eigenvalue weighted by molar-refractivity contribution is 5.76. The average Bonchev–Trinajstić information content (AvgIpc) is 1.99. The van der Waals surface area contributed by atoms with Crippen LogP contribution in [0.25, 0.3) is 0 Å². The Morgan fingerprint density at radius 2 is 2.18 bits per heavy atom. The third-order valence-corrected chi connectivity index (χ3v) is 1.18. The molecule has 0 spiro atoms. The van der Waals surface area contributed by atoms with Crippen molar-refractivity contribution in [2.45, 2.75) is 39.5 Å². The number of hydrogen-bond acceptors (Lipinski definition) is 2. The van der Waals surface area contributed by atoms with Gasteiger partial charge in [-0.15, -0.1) is 0 Å². The van der Waals surface area contributed by atoms with Crippen molar-refractivity contribution in [2.75, 3.05) is 0 Å². The lowest BCUT2D eigenvalue weighted by atomic mass is 10.3. The first-order valence-electron chi connectivity index (χ1n) is 4.11. The molecule has 3 nitrogen and oxygen atoms in total. The van der Waals surface area contributed by atoms with E-state index in [9.17, 15) is 4.79 Å². The summed E-state index contributed by atoms with van der Waals surface area (Å²) in [7, 11) is 0. The van der Waals surface area contributed by atoms with Crippen LogP contribution in [0.3, 0.4) is 0 Å². The van der Waals surface area contributed by atoms with E-state index in [0.717, 1.165) is 19.3 Å². The molecule has 1 amide bonds. The van der Waals surface area contributed by atoms with E-state index in [4.69, 9.17) is 0 Å². The Balaban J connectivity index is 3.29. The molecule has 0 atom stereocenters. The predicted octanol–water partition coefficient (Wildman–Crippen LogP) is 1.69. The molecule has 0 aromatic heterocycles. The topological polar surface area (TPSA) is 41.5 Å². The van der Waals surface area contributed by atoms with Crippen molar-refractivity contribution in [2.24, 2.45) is 5.10 Å². The van der Waals surface area contributed by atoms with E-state index in [1.165, 1.54) is 0 Å². The molecule has 1 N–H and O–H groups in total. The largest absolute Gasteiger partial charge is 0.273 e. The van der Waals surface area contributed by atoms with Gasteiger partial charge in [0.05, 0.1) is 0 Å². The summed E-state index contributed by atoms with van der Waals surface area (Å²) in [5.74, 6) is -0.000136. The molecular weight excluding hydrogens is 140 g/mol. The fraction of sp³-hybridized carbons (Fsp3) is 0.750. The van der Waals surface area contributed by atoms with Crippen molar-refractivity contribution in [3.05, 3.63) is 0 Å². The van der Waals surface area contributed by atoms with Crippen molar-refractivity contribution in [3.8, 4) is 0 Å². The van der Waals surface area contributed by atoms with Crippen LogP contribution in [-0.2, 0) is 4.79 Å². The van der Waals surface area contributed by atoms with Crippen LogP contribution in [0.2, 0.25) is 0 Å². The van der Waals surface area contributed by atoms with Gasteiger partial charge in [0.25, 0.3) is 0 Å². The Bertz CT molecular complexity index is 132. The first-order chi connectivity index (χ1) is 5.31. The van der Waals surface area contributed by atoms with Crippen LogP contribution in [0.15, 0.2) is 5.10 Å². The van der Waals surface area contributed by atoms with Crippen molar-refractivity contribution in [3.63, 3.8) is 0 Å². The van der Waals surface area contributed by atoms with E-state index in [2.05, 4.69) is 17.5 Å². The van der Waals surface area contributed by atoms with E-state index >= 15 is 0 Å². The number of nitrogens with one attached hydrogen (secondary N) is 1. The highest BCUT2D eigenvalue weighted by Gasteiger charge is 1.93. The fourth-order valence-corrected chi connectivity index (χ4v) is 0.594. The molecule has 11 heavy (non-hydrogen) atoms. The van der Waals surface area contributed by atoms with Gasteiger partial charge in [0, 0.05) is 12.6 Å². The Hall–Kier alpha value is -0.860. The minimum absolute atomic E-state index is 0.000136. The van der Waals surface area contributed by atoms with Gasteiger partial charge in [0.1, 0.15) is 0 Å². The lowest BCUT2D eigenvalue weighted by Crippen LogP contribution is -2.16. The highest BCUT2D eigenvalue weighted by Crippen LogP contribution is 1.85. The minimum atomic E-state index is -0.000136. The maximum absolute atomic E-state index is 10.8. The molecule has 0 aliphatic heterocycles. The van der Waals surface area contributed by atoms with Gasteiger partial charge in [0.2, 0.25) is 5.91 Å². The second kappa shape index (κ2) is 7.25. The van der Waals surface area contributed by atoms with E-state index in [1.807, 2.05) is 6.92 Å². The molecular formula is C8H16N2O. The van der Waals surface area contributed by atoms with Crippen LogP contribution < -0.4 is 5.43 Å². The smallest absolute Gasteiger partial charge is 0.240 e. The molecule has 0 aromatic rings. The first kappa shape index (κ1) is 10.1. The van der Waals surface area contributed by atoms with Crippen LogP contribution in [0.1, 0.15) is 39.5 Å². The predicted molar refractivity (Wildman–Crippen MR) is 46.5 cm³/mol. The molecule has 0 saturated carbocycles. The van der Waals surface area contributed by atoms with E-state index in [1.54, 1.807) is 6.21 Å². The van der Waals surface area contributed by atoms with Crippen molar-refractivity contribution in [1.82, 2.24) is 5.43 Å². The number of carbonyl (C=O) groups is 1. The summed E-state index contributed by atoms with van der Waals surface area (Å²) in [4.78, 5) is 10.8.